The van der Waals surface area contributed by atoms with E-state index in [4.69, 9.17) is 4.74 Å². The Bertz CT molecular complexity index is 905. The van der Waals surface area contributed by atoms with Gasteiger partial charge in [0.2, 0.25) is 5.78 Å². The Kier molecular flexibility index (Phi) is 3.67. The van der Waals surface area contributed by atoms with Crippen molar-refractivity contribution >= 4 is 11.7 Å². The third-order valence-electron chi connectivity index (χ3n) is 6.86. The van der Waals surface area contributed by atoms with Gasteiger partial charge in [-0.05, 0) is 75.7 Å². The highest BCUT2D eigenvalue weighted by molar-refractivity contribution is 5.70. The number of hydrogen-bond donors (Lipinski definition) is 1. The summed E-state index contributed by atoms with van der Waals surface area (Å²) in [4.78, 5) is 21.5. The first-order chi connectivity index (χ1) is 12.8. The van der Waals surface area contributed by atoms with Gasteiger partial charge in [0.25, 0.3) is 0 Å². The number of ether oxygens (including phenoxy) is 1. The van der Waals surface area contributed by atoms with Crippen molar-refractivity contribution in [3.05, 3.63) is 29.3 Å². The molecule has 27 heavy (non-hydrogen) atoms. The van der Waals surface area contributed by atoms with Crippen molar-refractivity contribution < 1.29 is 14.6 Å². The summed E-state index contributed by atoms with van der Waals surface area (Å²) in [6.07, 6.45) is 8.28. The molecule has 144 valence electrons. The van der Waals surface area contributed by atoms with Crippen LogP contribution in [0, 0.1) is 31.1 Å². The molecule has 6 heteroatoms. The summed E-state index contributed by atoms with van der Waals surface area (Å²) in [6.45, 7) is 4.13. The van der Waals surface area contributed by atoms with Crippen LogP contribution in [0.5, 0.6) is 0 Å². The number of carbonyl (C=O) groups is 1. The largest absolute Gasteiger partial charge is 0.459 e. The van der Waals surface area contributed by atoms with Crippen LogP contribution in [0.25, 0.3) is 5.78 Å². The van der Waals surface area contributed by atoms with Gasteiger partial charge in [-0.15, -0.1) is 0 Å². The van der Waals surface area contributed by atoms with Gasteiger partial charge < -0.3 is 9.84 Å². The number of aromatic nitrogens is 3. The molecule has 2 heterocycles. The number of esters is 1. The van der Waals surface area contributed by atoms with E-state index in [2.05, 4.69) is 9.97 Å². The van der Waals surface area contributed by atoms with Gasteiger partial charge in [-0.2, -0.15) is 0 Å². The molecule has 0 aromatic carbocycles. The van der Waals surface area contributed by atoms with E-state index in [-0.39, 0.29) is 18.0 Å². The average molecular weight is 369 g/mol. The first-order valence-electron chi connectivity index (χ1n) is 10.0. The van der Waals surface area contributed by atoms with Crippen molar-refractivity contribution in [1.82, 2.24) is 14.4 Å². The highest BCUT2D eigenvalue weighted by Gasteiger charge is 2.57. The second-order valence-electron chi connectivity index (χ2n) is 9.46. The molecule has 2 atom stereocenters. The monoisotopic (exact) mass is 369 g/mol. The standard InChI is InChI=1S/C21H27N3O3/c1-13-3-14(2)24-10-17(23-19(24)22-13)11-27-18(25)9-20-5-15-4-16(6-20)8-21(26,7-15)12-20/h3,10,15-16,26H,4-9,11-12H2,1-2H3. The van der Waals surface area contributed by atoms with Gasteiger partial charge in [-0.25, -0.2) is 9.97 Å². The van der Waals surface area contributed by atoms with Crippen LogP contribution in [0.1, 0.15) is 62.0 Å². The highest BCUT2D eigenvalue weighted by Crippen LogP contribution is 2.62. The Morgan fingerprint density at radius 1 is 1.26 bits per heavy atom. The molecule has 0 spiro atoms. The minimum atomic E-state index is -0.535. The predicted octanol–water partition coefficient (Wildman–Crippen LogP) is 3.11. The van der Waals surface area contributed by atoms with Crippen molar-refractivity contribution in [1.29, 1.82) is 0 Å². The molecule has 6 rings (SSSR count). The van der Waals surface area contributed by atoms with Crippen LogP contribution in [0.15, 0.2) is 12.3 Å². The van der Waals surface area contributed by atoms with Crippen molar-refractivity contribution in [3.8, 4) is 0 Å². The predicted molar refractivity (Wildman–Crippen MR) is 98.9 cm³/mol. The fraction of sp³-hybridized carbons (Fsp3) is 0.667. The highest BCUT2D eigenvalue weighted by atomic mass is 16.5. The van der Waals surface area contributed by atoms with Crippen molar-refractivity contribution in [3.63, 3.8) is 0 Å². The summed E-state index contributed by atoms with van der Waals surface area (Å²) < 4.78 is 7.50. The molecule has 2 aromatic heterocycles. The number of fused-ring (bicyclic) bond motifs is 1. The number of carbonyl (C=O) groups excluding carboxylic acids is 1. The minimum Gasteiger partial charge on any atom is -0.459 e. The van der Waals surface area contributed by atoms with E-state index >= 15 is 0 Å². The lowest BCUT2D eigenvalue weighted by atomic mass is 9.47. The van der Waals surface area contributed by atoms with E-state index in [0.29, 0.717) is 29.7 Å². The van der Waals surface area contributed by atoms with Gasteiger partial charge in [0.15, 0.2) is 0 Å². The third kappa shape index (κ3) is 3.04. The second kappa shape index (κ2) is 5.77. The zero-order valence-corrected chi connectivity index (χ0v) is 16.1. The lowest BCUT2D eigenvalue weighted by Gasteiger charge is -2.60. The van der Waals surface area contributed by atoms with Crippen molar-refractivity contribution in [2.45, 2.75) is 71.0 Å². The first-order valence-corrected chi connectivity index (χ1v) is 10.0. The maximum Gasteiger partial charge on any atom is 0.306 e. The molecule has 0 aliphatic heterocycles. The molecule has 0 amide bonds. The van der Waals surface area contributed by atoms with Crippen LogP contribution in [0.4, 0.5) is 0 Å². The Balaban J connectivity index is 1.26. The second-order valence-corrected chi connectivity index (χ2v) is 9.46. The number of rotatable bonds is 4. The molecule has 4 bridgehead atoms. The lowest BCUT2D eigenvalue weighted by Crippen LogP contribution is -2.56. The van der Waals surface area contributed by atoms with Gasteiger partial charge in [-0.1, -0.05) is 0 Å². The molecule has 0 radical (unpaired) electrons. The fourth-order valence-electron chi connectivity index (χ4n) is 6.51. The number of imidazole rings is 1. The maximum atomic E-state index is 12.6. The molecule has 4 aliphatic rings. The summed E-state index contributed by atoms with van der Waals surface area (Å²) in [5.74, 6) is 1.64. The average Bonchev–Trinajstić information content (AvgIpc) is 2.93. The summed E-state index contributed by atoms with van der Waals surface area (Å²) in [5, 5.41) is 10.8. The lowest BCUT2D eigenvalue weighted by molar-refractivity contribution is -0.177. The summed E-state index contributed by atoms with van der Waals surface area (Å²) in [5.41, 5.74) is 2.11. The van der Waals surface area contributed by atoms with Crippen LogP contribution in [-0.2, 0) is 16.1 Å². The third-order valence-corrected chi connectivity index (χ3v) is 6.86. The molecule has 4 saturated carbocycles. The Hall–Kier alpha value is -1.95. The van der Waals surface area contributed by atoms with Gasteiger partial charge in [0, 0.05) is 17.6 Å². The number of hydrogen-bond acceptors (Lipinski definition) is 5. The minimum absolute atomic E-state index is 0.0515. The van der Waals surface area contributed by atoms with E-state index in [1.54, 1.807) is 0 Å². The quantitative estimate of drug-likeness (QED) is 0.838. The molecule has 4 fully saturated rings. The SMILES string of the molecule is Cc1cc(C)n2cc(COC(=O)CC34CC5CC(CC(O)(C5)C3)C4)nc2n1. The molecule has 0 saturated heterocycles. The maximum absolute atomic E-state index is 12.6. The van der Waals surface area contributed by atoms with Gasteiger partial charge >= 0.3 is 5.97 Å². The summed E-state index contributed by atoms with van der Waals surface area (Å²) in [7, 11) is 0. The van der Waals surface area contributed by atoms with Gasteiger partial charge in [0.1, 0.15) is 6.61 Å². The molecule has 4 aliphatic carbocycles. The zero-order chi connectivity index (χ0) is 18.8. The van der Waals surface area contributed by atoms with Crippen LogP contribution in [-0.4, -0.2) is 31.0 Å². The van der Waals surface area contributed by atoms with E-state index in [1.807, 2.05) is 30.5 Å². The van der Waals surface area contributed by atoms with Crippen molar-refractivity contribution in [2.24, 2.45) is 17.3 Å². The number of aryl methyl sites for hydroxylation is 2. The molecule has 2 aromatic rings. The number of aliphatic hydroxyl groups is 1. The Morgan fingerprint density at radius 2 is 2.00 bits per heavy atom. The van der Waals surface area contributed by atoms with E-state index in [1.165, 1.54) is 6.42 Å². The summed E-state index contributed by atoms with van der Waals surface area (Å²) in [6, 6.07) is 2.00. The molecular formula is C21H27N3O3. The Morgan fingerprint density at radius 3 is 2.70 bits per heavy atom. The Labute approximate surface area is 159 Å². The summed E-state index contributed by atoms with van der Waals surface area (Å²) >= 11 is 0. The zero-order valence-electron chi connectivity index (χ0n) is 16.1. The molecule has 2 unspecified atom stereocenters. The first kappa shape index (κ1) is 17.2. The van der Waals surface area contributed by atoms with E-state index < -0.39 is 5.60 Å². The number of nitrogens with zero attached hydrogens (tertiary/aromatic N) is 3. The van der Waals surface area contributed by atoms with Crippen LogP contribution >= 0.6 is 0 Å². The van der Waals surface area contributed by atoms with E-state index in [9.17, 15) is 9.90 Å². The van der Waals surface area contributed by atoms with Crippen LogP contribution in [0.3, 0.4) is 0 Å². The molecule has 6 nitrogen and oxygen atoms in total. The smallest absolute Gasteiger partial charge is 0.306 e. The molecular weight excluding hydrogens is 342 g/mol. The fourth-order valence-corrected chi connectivity index (χ4v) is 6.51. The van der Waals surface area contributed by atoms with Crippen molar-refractivity contribution in [2.75, 3.05) is 0 Å². The molecule has 1 N–H and O–H groups in total. The topological polar surface area (TPSA) is 76.7 Å². The van der Waals surface area contributed by atoms with Crippen LogP contribution in [0.2, 0.25) is 0 Å². The normalized spacial score (nSPS) is 34.3. The van der Waals surface area contributed by atoms with Crippen LogP contribution < -0.4 is 0 Å². The van der Waals surface area contributed by atoms with Gasteiger partial charge in [0.05, 0.1) is 17.7 Å². The van der Waals surface area contributed by atoms with E-state index in [0.717, 1.165) is 43.5 Å². The van der Waals surface area contributed by atoms with Gasteiger partial charge in [-0.3, -0.25) is 9.20 Å².